The van der Waals surface area contributed by atoms with Crippen molar-refractivity contribution in [3.05, 3.63) is 109 Å². The highest BCUT2D eigenvalue weighted by Gasteiger charge is 2.10. The number of fused-ring (bicyclic) bond motifs is 1. The summed E-state index contributed by atoms with van der Waals surface area (Å²) in [5.74, 6) is 0. The summed E-state index contributed by atoms with van der Waals surface area (Å²) in [4.78, 5) is 0. The zero-order chi connectivity index (χ0) is 20.5. The number of hydrogen-bond acceptors (Lipinski definition) is 2. The lowest BCUT2D eigenvalue weighted by atomic mass is 9.92. The molecular weight excluding hydrogens is 364 g/mol. The van der Waals surface area contributed by atoms with Gasteiger partial charge in [-0.2, -0.15) is 0 Å². The molecule has 4 N–H and O–H groups in total. The van der Waals surface area contributed by atoms with Crippen molar-refractivity contribution in [2.75, 3.05) is 11.5 Å². The van der Waals surface area contributed by atoms with Crippen LogP contribution in [0.15, 0.2) is 109 Å². The predicted octanol–water partition coefficient (Wildman–Crippen LogP) is 7.01. The molecule has 5 aromatic carbocycles. The van der Waals surface area contributed by atoms with E-state index in [1.165, 1.54) is 27.5 Å². The van der Waals surface area contributed by atoms with Gasteiger partial charge in [-0.1, -0.05) is 78.9 Å². The molecule has 0 spiro atoms. The van der Waals surface area contributed by atoms with Crippen molar-refractivity contribution in [2.45, 2.75) is 0 Å². The molecule has 0 unspecified atom stereocenters. The van der Waals surface area contributed by atoms with Crippen LogP contribution < -0.4 is 11.5 Å². The molecule has 0 radical (unpaired) electrons. The standard InChI is InChI=1S/C28H22N2/c29-25-13-11-21(12-14-25)20-5-8-22(9-6-20)27-16-15-26(30)18-28(27)24-10-7-19-3-1-2-4-23(19)17-24/h1-18H,29-30H2. The Hall–Kier alpha value is -4.04. The number of hydrogen-bond donors (Lipinski definition) is 2. The first kappa shape index (κ1) is 18.0. The van der Waals surface area contributed by atoms with Gasteiger partial charge in [0.1, 0.15) is 0 Å². The molecule has 0 saturated carbocycles. The van der Waals surface area contributed by atoms with Crippen LogP contribution in [0.4, 0.5) is 11.4 Å². The Morgan fingerprint density at radius 2 is 0.933 bits per heavy atom. The maximum Gasteiger partial charge on any atom is 0.0320 e. The lowest BCUT2D eigenvalue weighted by Crippen LogP contribution is -1.90. The first-order valence-corrected chi connectivity index (χ1v) is 10.0. The first-order chi connectivity index (χ1) is 14.7. The Labute approximate surface area is 176 Å². The number of nitrogens with two attached hydrogens (primary N) is 2. The predicted molar refractivity (Wildman–Crippen MR) is 129 cm³/mol. The van der Waals surface area contributed by atoms with E-state index >= 15 is 0 Å². The summed E-state index contributed by atoms with van der Waals surface area (Å²) in [6, 6.07) is 37.7. The van der Waals surface area contributed by atoms with Gasteiger partial charge in [0.15, 0.2) is 0 Å². The fraction of sp³-hybridized carbons (Fsp3) is 0. The highest BCUT2D eigenvalue weighted by molar-refractivity contribution is 5.92. The fourth-order valence-electron chi connectivity index (χ4n) is 3.93. The molecule has 0 aromatic heterocycles. The maximum atomic E-state index is 6.16. The van der Waals surface area contributed by atoms with Crippen molar-refractivity contribution in [1.82, 2.24) is 0 Å². The van der Waals surface area contributed by atoms with Crippen molar-refractivity contribution < 1.29 is 0 Å². The smallest absolute Gasteiger partial charge is 0.0320 e. The van der Waals surface area contributed by atoms with Crippen LogP contribution >= 0.6 is 0 Å². The number of anilines is 2. The van der Waals surface area contributed by atoms with E-state index in [4.69, 9.17) is 11.5 Å². The van der Waals surface area contributed by atoms with Crippen LogP contribution in [-0.2, 0) is 0 Å². The van der Waals surface area contributed by atoms with Crippen molar-refractivity contribution in [2.24, 2.45) is 0 Å². The molecule has 2 heteroatoms. The average Bonchev–Trinajstić information content (AvgIpc) is 2.79. The summed E-state index contributed by atoms with van der Waals surface area (Å²) in [6.45, 7) is 0. The number of benzene rings is 5. The highest BCUT2D eigenvalue weighted by Crippen LogP contribution is 2.36. The first-order valence-electron chi connectivity index (χ1n) is 10.0. The van der Waals surface area contributed by atoms with Gasteiger partial charge in [-0.25, -0.2) is 0 Å². The van der Waals surface area contributed by atoms with E-state index in [-0.39, 0.29) is 0 Å². The average molecular weight is 386 g/mol. The molecule has 0 fully saturated rings. The lowest BCUT2D eigenvalue weighted by Gasteiger charge is -2.13. The van der Waals surface area contributed by atoms with Gasteiger partial charge in [0, 0.05) is 11.4 Å². The zero-order valence-electron chi connectivity index (χ0n) is 16.5. The molecule has 0 heterocycles. The Bertz CT molecular complexity index is 1330. The zero-order valence-corrected chi connectivity index (χ0v) is 16.5. The van der Waals surface area contributed by atoms with E-state index in [0.29, 0.717) is 0 Å². The van der Waals surface area contributed by atoms with Crippen molar-refractivity contribution >= 4 is 22.1 Å². The van der Waals surface area contributed by atoms with Crippen molar-refractivity contribution in [1.29, 1.82) is 0 Å². The molecule has 5 rings (SSSR count). The van der Waals surface area contributed by atoms with E-state index in [1.54, 1.807) is 0 Å². The quantitative estimate of drug-likeness (QED) is 0.328. The number of nitrogen functional groups attached to an aromatic ring is 2. The third kappa shape index (κ3) is 3.40. The van der Waals surface area contributed by atoms with Crippen LogP contribution in [0.3, 0.4) is 0 Å². The molecule has 0 bridgehead atoms. The molecular formula is C28H22N2. The summed E-state index contributed by atoms with van der Waals surface area (Å²) in [6.07, 6.45) is 0. The van der Waals surface area contributed by atoms with E-state index in [0.717, 1.165) is 28.1 Å². The summed E-state index contributed by atoms with van der Waals surface area (Å²) < 4.78 is 0. The van der Waals surface area contributed by atoms with Crippen LogP contribution in [0.5, 0.6) is 0 Å². The minimum atomic E-state index is 0.764. The Morgan fingerprint density at radius 3 is 1.67 bits per heavy atom. The number of rotatable bonds is 3. The Morgan fingerprint density at radius 1 is 0.367 bits per heavy atom. The third-order valence-corrected chi connectivity index (χ3v) is 5.54. The van der Waals surface area contributed by atoms with Gasteiger partial charge in [-0.05, 0) is 74.5 Å². The van der Waals surface area contributed by atoms with Crippen molar-refractivity contribution in [3.63, 3.8) is 0 Å². The van der Waals surface area contributed by atoms with E-state index in [1.807, 2.05) is 30.3 Å². The van der Waals surface area contributed by atoms with Gasteiger partial charge < -0.3 is 11.5 Å². The molecule has 0 aliphatic carbocycles. The van der Waals surface area contributed by atoms with Crippen LogP contribution in [0, 0.1) is 0 Å². The van der Waals surface area contributed by atoms with E-state index in [9.17, 15) is 0 Å². The van der Waals surface area contributed by atoms with Gasteiger partial charge in [-0.15, -0.1) is 0 Å². The molecule has 30 heavy (non-hydrogen) atoms. The summed E-state index contributed by atoms with van der Waals surface area (Å²) in [5, 5.41) is 2.46. The summed E-state index contributed by atoms with van der Waals surface area (Å²) in [7, 11) is 0. The molecule has 0 aliphatic rings. The molecule has 5 aromatic rings. The second-order valence-corrected chi connectivity index (χ2v) is 7.57. The Balaban J connectivity index is 1.58. The fourth-order valence-corrected chi connectivity index (χ4v) is 3.93. The molecule has 0 atom stereocenters. The highest BCUT2D eigenvalue weighted by atomic mass is 14.5. The van der Waals surface area contributed by atoms with Crippen LogP contribution in [0.25, 0.3) is 44.2 Å². The third-order valence-electron chi connectivity index (χ3n) is 5.54. The SMILES string of the molecule is Nc1ccc(-c2ccc(-c3ccc(N)cc3-c3ccc4ccccc4c3)cc2)cc1. The van der Waals surface area contributed by atoms with Gasteiger partial charge in [0.25, 0.3) is 0 Å². The van der Waals surface area contributed by atoms with E-state index < -0.39 is 0 Å². The van der Waals surface area contributed by atoms with Crippen LogP contribution in [0.1, 0.15) is 0 Å². The normalized spacial score (nSPS) is 10.9. The van der Waals surface area contributed by atoms with Gasteiger partial charge in [0.2, 0.25) is 0 Å². The maximum absolute atomic E-state index is 6.16. The molecule has 2 nitrogen and oxygen atoms in total. The van der Waals surface area contributed by atoms with Crippen LogP contribution in [-0.4, -0.2) is 0 Å². The molecule has 0 amide bonds. The summed E-state index contributed by atoms with van der Waals surface area (Å²) >= 11 is 0. The molecule has 0 saturated heterocycles. The van der Waals surface area contributed by atoms with Crippen LogP contribution in [0.2, 0.25) is 0 Å². The van der Waals surface area contributed by atoms with E-state index in [2.05, 4.69) is 78.9 Å². The van der Waals surface area contributed by atoms with Gasteiger partial charge >= 0.3 is 0 Å². The van der Waals surface area contributed by atoms with Gasteiger partial charge in [0.05, 0.1) is 0 Å². The second-order valence-electron chi connectivity index (χ2n) is 7.57. The van der Waals surface area contributed by atoms with Gasteiger partial charge in [-0.3, -0.25) is 0 Å². The summed E-state index contributed by atoms with van der Waals surface area (Å²) in [5.41, 5.74) is 20.5. The molecule has 0 aliphatic heterocycles. The largest absolute Gasteiger partial charge is 0.399 e. The van der Waals surface area contributed by atoms with Crippen molar-refractivity contribution in [3.8, 4) is 33.4 Å². The monoisotopic (exact) mass is 386 g/mol. The second kappa shape index (κ2) is 7.41. The lowest BCUT2D eigenvalue weighted by molar-refractivity contribution is 1.57. The minimum Gasteiger partial charge on any atom is -0.399 e. The Kier molecular flexibility index (Phi) is 4.45. The topological polar surface area (TPSA) is 52.0 Å². The molecule has 144 valence electrons. The minimum absolute atomic E-state index is 0.764.